The van der Waals surface area contributed by atoms with Crippen molar-refractivity contribution in [3.05, 3.63) is 58.5 Å². The topological polar surface area (TPSA) is 67.9 Å². The molecule has 2 aromatic rings. The van der Waals surface area contributed by atoms with Crippen LogP contribution < -0.4 is 14.8 Å². The highest BCUT2D eigenvalue weighted by atomic mass is 32.2. The third kappa shape index (κ3) is 5.40. The van der Waals surface area contributed by atoms with Crippen molar-refractivity contribution in [2.24, 2.45) is 0 Å². The minimum atomic E-state index is -4.53. The Morgan fingerprint density at radius 2 is 1.88 bits per heavy atom. The third-order valence-corrected chi connectivity index (χ3v) is 5.73. The van der Waals surface area contributed by atoms with Crippen LogP contribution in [0.3, 0.4) is 0 Å². The van der Waals surface area contributed by atoms with Crippen molar-refractivity contribution in [1.29, 1.82) is 0 Å². The molecule has 2 aromatic carbocycles. The highest BCUT2D eigenvalue weighted by Gasteiger charge is 2.34. The van der Waals surface area contributed by atoms with E-state index in [2.05, 4.69) is 5.32 Å². The molecule has 1 fully saturated rings. The average Bonchev–Trinajstić information content (AvgIpc) is 3.00. The minimum absolute atomic E-state index is 0.0314. The van der Waals surface area contributed by atoms with Crippen LogP contribution in [0.1, 0.15) is 11.1 Å². The molecular weight excluding hydrogens is 465 g/mol. The molecule has 0 radical (unpaired) electrons. The summed E-state index contributed by atoms with van der Waals surface area (Å²) in [4.78, 5) is 26.5. The number of thioether (sulfide) groups is 1. The van der Waals surface area contributed by atoms with Crippen LogP contribution in [0.15, 0.2) is 47.4 Å². The summed E-state index contributed by atoms with van der Waals surface area (Å²) in [6, 6.07) is 9.34. The van der Waals surface area contributed by atoms with Crippen LogP contribution in [0.25, 0.3) is 6.08 Å². The number of thiocarbonyl (C=S) groups is 1. The zero-order chi connectivity index (χ0) is 23.5. The van der Waals surface area contributed by atoms with Gasteiger partial charge in [-0.3, -0.25) is 14.5 Å². The lowest BCUT2D eigenvalue weighted by atomic mass is 10.2. The van der Waals surface area contributed by atoms with Crippen molar-refractivity contribution >= 4 is 51.9 Å². The first-order valence-electron chi connectivity index (χ1n) is 9.07. The van der Waals surface area contributed by atoms with Crippen molar-refractivity contribution < 1.29 is 32.2 Å². The van der Waals surface area contributed by atoms with E-state index in [1.54, 1.807) is 24.3 Å². The second-order valence-corrected chi connectivity index (χ2v) is 8.18. The van der Waals surface area contributed by atoms with Crippen LogP contribution in [-0.4, -0.2) is 41.8 Å². The maximum Gasteiger partial charge on any atom is 0.416 e. The van der Waals surface area contributed by atoms with Crippen LogP contribution in [-0.2, 0) is 15.8 Å². The molecule has 0 aromatic heterocycles. The molecule has 1 saturated heterocycles. The fraction of sp³-hybridized carbons (Fsp3) is 0.190. The van der Waals surface area contributed by atoms with Crippen LogP contribution in [0.5, 0.6) is 11.5 Å². The molecule has 1 N–H and O–H groups in total. The summed E-state index contributed by atoms with van der Waals surface area (Å²) in [5.41, 5.74) is -0.258. The fourth-order valence-corrected chi connectivity index (χ4v) is 4.10. The number of ether oxygens (including phenoxy) is 2. The summed E-state index contributed by atoms with van der Waals surface area (Å²) in [5.74, 6) is -0.136. The van der Waals surface area contributed by atoms with Gasteiger partial charge in [0, 0.05) is 5.69 Å². The highest BCUT2D eigenvalue weighted by Crippen LogP contribution is 2.35. The molecule has 0 aliphatic carbocycles. The number of carbonyl (C=O) groups is 2. The molecule has 0 atom stereocenters. The van der Waals surface area contributed by atoms with Gasteiger partial charge in [0.05, 0.1) is 24.7 Å². The average molecular weight is 483 g/mol. The van der Waals surface area contributed by atoms with Gasteiger partial charge in [-0.1, -0.05) is 36.1 Å². The van der Waals surface area contributed by atoms with Gasteiger partial charge >= 0.3 is 6.18 Å². The van der Waals surface area contributed by atoms with Crippen molar-refractivity contribution in [2.75, 3.05) is 26.1 Å². The molecule has 32 heavy (non-hydrogen) atoms. The van der Waals surface area contributed by atoms with E-state index >= 15 is 0 Å². The van der Waals surface area contributed by atoms with Crippen LogP contribution in [0.2, 0.25) is 0 Å². The molecule has 2 amide bonds. The number of benzene rings is 2. The van der Waals surface area contributed by atoms with E-state index in [4.69, 9.17) is 21.7 Å². The van der Waals surface area contributed by atoms with Gasteiger partial charge in [-0.2, -0.15) is 13.2 Å². The molecular formula is C21H17F3N2O4S2. The van der Waals surface area contributed by atoms with E-state index < -0.39 is 30.1 Å². The van der Waals surface area contributed by atoms with Crippen LogP contribution >= 0.6 is 24.0 Å². The lowest BCUT2D eigenvalue weighted by Crippen LogP contribution is -2.36. The predicted octanol–water partition coefficient (Wildman–Crippen LogP) is 4.56. The Morgan fingerprint density at radius 1 is 1.16 bits per heavy atom. The van der Waals surface area contributed by atoms with Gasteiger partial charge < -0.3 is 14.8 Å². The second kappa shape index (κ2) is 9.61. The Kier molecular flexibility index (Phi) is 7.09. The number of nitrogens with one attached hydrogen (secondary N) is 1. The zero-order valence-electron chi connectivity index (χ0n) is 16.9. The molecule has 1 aliphatic heterocycles. The van der Waals surface area contributed by atoms with Crippen LogP contribution in [0, 0.1) is 0 Å². The largest absolute Gasteiger partial charge is 0.493 e. The van der Waals surface area contributed by atoms with Gasteiger partial charge in [0.25, 0.3) is 5.91 Å². The number of methoxy groups -OCH3 is 2. The number of carbonyl (C=O) groups excluding carboxylic acids is 2. The molecule has 11 heteroatoms. The molecule has 1 heterocycles. The van der Waals surface area contributed by atoms with E-state index in [0.717, 1.165) is 28.8 Å². The Morgan fingerprint density at radius 3 is 2.53 bits per heavy atom. The normalized spacial score (nSPS) is 15.3. The summed E-state index contributed by atoms with van der Waals surface area (Å²) < 4.78 is 49.1. The number of halogens is 3. The van der Waals surface area contributed by atoms with E-state index in [-0.39, 0.29) is 10.0 Å². The molecule has 0 saturated carbocycles. The number of anilines is 1. The molecule has 6 nitrogen and oxygen atoms in total. The summed E-state index contributed by atoms with van der Waals surface area (Å²) in [6.07, 6.45) is -2.93. The molecule has 0 spiro atoms. The Balaban J connectivity index is 1.71. The van der Waals surface area contributed by atoms with E-state index in [9.17, 15) is 22.8 Å². The number of hydrogen-bond donors (Lipinski definition) is 1. The van der Waals surface area contributed by atoms with E-state index in [0.29, 0.717) is 22.0 Å². The van der Waals surface area contributed by atoms with Crippen molar-refractivity contribution in [3.63, 3.8) is 0 Å². The van der Waals surface area contributed by atoms with Crippen molar-refractivity contribution in [1.82, 2.24) is 4.90 Å². The van der Waals surface area contributed by atoms with Crippen LogP contribution in [0.4, 0.5) is 18.9 Å². The van der Waals surface area contributed by atoms with Gasteiger partial charge in [0.15, 0.2) is 11.5 Å². The summed E-state index contributed by atoms with van der Waals surface area (Å²) >= 11 is 6.23. The first-order valence-corrected chi connectivity index (χ1v) is 10.3. The van der Waals surface area contributed by atoms with Gasteiger partial charge in [-0.05, 0) is 42.0 Å². The zero-order valence-corrected chi connectivity index (χ0v) is 18.5. The molecule has 1 aliphatic rings. The SMILES string of the molecule is COc1ccc(C=C2SC(=S)N(CC(=O)Nc3cccc(C(F)(F)F)c3)C2=O)cc1OC. The third-order valence-electron chi connectivity index (χ3n) is 4.35. The standard InChI is InChI=1S/C21H17F3N2O4S2/c1-29-15-7-6-12(8-16(15)30-2)9-17-19(28)26(20(31)32-17)11-18(27)25-14-5-3-4-13(10-14)21(22,23)24/h3-10H,11H2,1-2H3,(H,25,27). The number of amides is 2. The van der Waals surface area contributed by atoms with Crippen molar-refractivity contribution in [2.45, 2.75) is 6.18 Å². The second-order valence-electron chi connectivity index (χ2n) is 6.51. The van der Waals surface area contributed by atoms with E-state index in [1.807, 2.05) is 0 Å². The first-order chi connectivity index (χ1) is 15.1. The monoisotopic (exact) mass is 482 g/mol. The Bertz CT molecular complexity index is 1100. The summed E-state index contributed by atoms with van der Waals surface area (Å²) in [7, 11) is 3.00. The molecule has 168 valence electrons. The van der Waals surface area contributed by atoms with E-state index in [1.165, 1.54) is 26.4 Å². The predicted molar refractivity (Wildman–Crippen MR) is 119 cm³/mol. The minimum Gasteiger partial charge on any atom is -0.493 e. The quantitative estimate of drug-likeness (QED) is 0.481. The van der Waals surface area contributed by atoms with Gasteiger partial charge in [0.1, 0.15) is 10.9 Å². The van der Waals surface area contributed by atoms with Gasteiger partial charge in [-0.15, -0.1) is 0 Å². The van der Waals surface area contributed by atoms with Crippen molar-refractivity contribution in [3.8, 4) is 11.5 Å². The molecule has 0 unspecified atom stereocenters. The maximum absolute atomic E-state index is 12.8. The lowest BCUT2D eigenvalue weighted by molar-refractivity contribution is -0.137. The Labute approximate surface area is 191 Å². The number of rotatable bonds is 6. The summed E-state index contributed by atoms with van der Waals surface area (Å²) in [5, 5.41) is 2.36. The van der Waals surface area contributed by atoms with Gasteiger partial charge in [0.2, 0.25) is 5.91 Å². The van der Waals surface area contributed by atoms with Gasteiger partial charge in [-0.25, -0.2) is 0 Å². The lowest BCUT2D eigenvalue weighted by Gasteiger charge is -2.15. The smallest absolute Gasteiger partial charge is 0.416 e. The number of alkyl halides is 3. The number of nitrogens with zero attached hydrogens (tertiary/aromatic N) is 1. The fourth-order valence-electron chi connectivity index (χ4n) is 2.85. The summed E-state index contributed by atoms with van der Waals surface area (Å²) in [6.45, 7) is -0.426. The maximum atomic E-state index is 12.8. The molecule has 3 rings (SSSR count). The number of hydrogen-bond acceptors (Lipinski definition) is 6. The first kappa shape index (κ1) is 23.6. The highest BCUT2D eigenvalue weighted by molar-refractivity contribution is 8.26. The Hall–Kier alpha value is -3.05. The molecule has 0 bridgehead atoms.